The van der Waals surface area contributed by atoms with Crippen LogP contribution in [0.2, 0.25) is 0 Å². The van der Waals surface area contributed by atoms with Crippen LogP contribution in [0.1, 0.15) is 5.56 Å². The highest BCUT2D eigenvalue weighted by atomic mass is 15.3. The summed E-state index contributed by atoms with van der Waals surface area (Å²) in [6, 6.07) is 6.11. The van der Waals surface area contributed by atoms with Gasteiger partial charge in [-0.1, -0.05) is 6.07 Å². The van der Waals surface area contributed by atoms with Gasteiger partial charge in [-0.25, -0.2) is 4.98 Å². The molecule has 0 saturated carbocycles. The van der Waals surface area contributed by atoms with E-state index in [-0.39, 0.29) is 0 Å². The van der Waals surface area contributed by atoms with Gasteiger partial charge in [-0.3, -0.25) is 4.68 Å². The van der Waals surface area contributed by atoms with Gasteiger partial charge >= 0.3 is 0 Å². The van der Waals surface area contributed by atoms with Gasteiger partial charge in [-0.15, -0.1) is 0 Å². The second-order valence-corrected chi connectivity index (χ2v) is 4.17. The number of aromatic amines is 1. The Bertz CT molecular complexity index is 692. The number of rotatable bonds is 1. The second kappa shape index (κ2) is 3.35. The number of hydrogen-bond donors (Lipinski definition) is 2. The van der Waals surface area contributed by atoms with E-state index in [0.717, 1.165) is 22.4 Å². The minimum Gasteiger partial charge on any atom is -0.383 e. The molecule has 0 bridgehead atoms. The van der Waals surface area contributed by atoms with Crippen LogP contribution in [0.15, 0.2) is 24.4 Å². The summed E-state index contributed by atoms with van der Waals surface area (Å²) >= 11 is 0. The van der Waals surface area contributed by atoms with Gasteiger partial charge in [0.15, 0.2) is 0 Å². The maximum absolute atomic E-state index is 5.93. The number of nitrogens with zero attached hydrogens (tertiary/aromatic N) is 3. The number of nitrogen functional groups attached to an aromatic ring is 1. The van der Waals surface area contributed by atoms with Gasteiger partial charge in [0.1, 0.15) is 11.6 Å². The highest BCUT2D eigenvalue weighted by Gasteiger charge is 2.11. The first-order chi connectivity index (χ1) is 8.15. The standard InChI is InChI=1S/C12H13N5/c1-7-3-4-9-10(5-7)16-12(15-9)8-6-14-17(2)11(8)13/h3-6H,13H2,1-2H3,(H,15,16). The number of benzene rings is 1. The van der Waals surface area contributed by atoms with E-state index in [0.29, 0.717) is 5.82 Å². The largest absolute Gasteiger partial charge is 0.383 e. The molecular weight excluding hydrogens is 214 g/mol. The number of nitrogens with one attached hydrogen (secondary N) is 1. The zero-order valence-corrected chi connectivity index (χ0v) is 9.73. The molecule has 0 amide bonds. The van der Waals surface area contributed by atoms with Gasteiger partial charge in [0.05, 0.1) is 22.8 Å². The number of aromatic nitrogens is 4. The Hall–Kier alpha value is -2.30. The fourth-order valence-electron chi connectivity index (χ4n) is 1.88. The summed E-state index contributed by atoms with van der Waals surface area (Å²) in [5.74, 6) is 1.37. The van der Waals surface area contributed by atoms with Crippen molar-refractivity contribution in [1.29, 1.82) is 0 Å². The van der Waals surface area contributed by atoms with Crippen LogP contribution < -0.4 is 5.73 Å². The maximum Gasteiger partial charge on any atom is 0.143 e. The molecule has 86 valence electrons. The van der Waals surface area contributed by atoms with Gasteiger partial charge in [0, 0.05) is 7.05 Å². The van der Waals surface area contributed by atoms with Crippen LogP contribution in [-0.4, -0.2) is 19.7 Å². The van der Waals surface area contributed by atoms with Gasteiger partial charge in [0.2, 0.25) is 0 Å². The molecule has 0 saturated heterocycles. The molecule has 0 aliphatic heterocycles. The average molecular weight is 227 g/mol. The highest BCUT2D eigenvalue weighted by Crippen LogP contribution is 2.25. The summed E-state index contributed by atoms with van der Waals surface area (Å²) in [6.07, 6.45) is 1.72. The van der Waals surface area contributed by atoms with Crippen molar-refractivity contribution < 1.29 is 0 Å². The van der Waals surface area contributed by atoms with Crippen molar-refractivity contribution in [2.75, 3.05) is 5.73 Å². The van der Waals surface area contributed by atoms with Crippen LogP contribution >= 0.6 is 0 Å². The minimum atomic E-state index is 0.612. The molecule has 0 aliphatic carbocycles. The monoisotopic (exact) mass is 227 g/mol. The summed E-state index contributed by atoms with van der Waals surface area (Å²) in [5, 5.41) is 4.11. The number of anilines is 1. The molecule has 2 heterocycles. The minimum absolute atomic E-state index is 0.612. The molecule has 17 heavy (non-hydrogen) atoms. The molecule has 3 N–H and O–H groups in total. The smallest absolute Gasteiger partial charge is 0.143 e. The van der Waals surface area contributed by atoms with E-state index in [1.165, 1.54) is 5.56 Å². The van der Waals surface area contributed by atoms with Crippen LogP contribution in [0.5, 0.6) is 0 Å². The third-order valence-electron chi connectivity index (χ3n) is 2.88. The summed E-state index contributed by atoms with van der Waals surface area (Å²) in [5.41, 5.74) is 9.92. The van der Waals surface area contributed by atoms with Crippen molar-refractivity contribution in [3.8, 4) is 11.4 Å². The lowest BCUT2D eigenvalue weighted by molar-refractivity contribution is 0.779. The average Bonchev–Trinajstić information content (AvgIpc) is 2.83. The number of imidazole rings is 1. The fourth-order valence-corrected chi connectivity index (χ4v) is 1.88. The van der Waals surface area contributed by atoms with E-state index in [1.54, 1.807) is 10.9 Å². The van der Waals surface area contributed by atoms with E-state index in [4.69, 9.17) is 5.73 Å². The van der Waals surface area contributed by atoms with E-state index in [1.807, 2.05) is 19.2 Å². The molecule has 0 atom stereocenters. The highest BCUT2D eigenvalue weighted by molar-refractivity contribution is 5.81. The SMILES string of the molecule is Cc1ccc2nc(-c3cnn(C)c3N)[nH]c2c1. The lowest BCUT2D eigenvalue weighted by atomic mass is 10.2. The molecule has 2 aromatic heterocycles. The fraction of sp³-hybridized carbons (Fsp3) is 0.167. The molecule has 0 unspecified atom stereocenters. The van der Waals surface area contributed by atoms with Crippen LogP contribution in [0, 0.1) is 6.92 Å². The predicted octanol–water partition coefficient (Wildman–Crippen LogP) is 1.85. The van der Waals surface area contributed by atoms with Crippen molar-refractivity contribution >= 4 is 16.9 Å². The third-order valence-corrected chi connectivity index (χ3v) is 2.88. The molecule has 3 rings (SSSR count). The molecule has 0 radical (unpaired) electrons. The molecular formula is C12H13N5. The van der Waals surface area contributed by atoms with Crippen molar-refractivity contribution in [3.63, 3.8) is 0 Å². The predicted molar refractivity (Wildman–Crippen MR) is 67.4 cm³/mol. The molecule has 5 heteroatoms. The Labute approximate surface area is 98.3 Å². The number of nitrogens with two attached hydrogens (primary N) is 1. The first-order valence-electron chi connectivity index (χ1n) is 5.39. The molecule has 1 aromatic carbocycles. The number of aryl methyl sites for hydroxylation is 2. The van der Waals surface area contributed by atoms with Gasteiger partial charge in [-0.05, 0) is 24.6 Å². The zero-order valence-electron chi connectivity index (χ0n) is 9.73. The summed E-state index contributed by atoms with van der Waals surface area (Å²) in [7, 11) is 1.81. The van der Waals surface area contributed by atoms with E-state index >= 15 is 0 Å². The lowest BCUT2D eigenvalue weighted by Gasteiger charge is -1.95. The van der Waals surface area contributed by atoms with Gasteiger partial charge in [-0.2, -0.15) is 5.10 Å². The Morgan fingerprint density at radius 2 is 2.18 bits per heavy atom. The molecule has 0 fully saturated rings. The van der Waals surface area contributed by atoms with Crippen molar-refractivity contribution in [2.24, 2.45) is 7.05 Å². The summed E-state index contributed by atoms with van der Waals surface area (Å²) in [4.78, 5) is 7.77. The topological polar surface area (TPSA) is 72.5 Å². The van der Waals surface area contributed by atoms with E-state index in [9.17, 15) is 0 Å². The number of hydrogen-bond acceptors (Lipinski definition) is 3. The van der Waals surface area contributed by atoms with Crippen LogP contribution in [0.3, 0.4) is 0 Å². The Morgan fingerprint density at radius 1 is 1.35 bits per heavy atom. The molecule has 0 spiro atoms. The van der Waals surface area contributed by atoms with E-state index in [2.05, 4.69) is 28.1 Å². The summed E-state index contributed by atoms with van der Waals surface area (Å²) in [6.45, 7) is 2.05. The molecule has 0 aliphatic rings. The van der Waals surface area contributed by atoms with Crippen molar-refractivity contribution in [2.45, 2.75) is 6.92 Å². The quantitative estimate of drug-likeness (QED) is 0.666. The van der Waals surface area contributed by atoms with Crippen LogP contribution in [0.25, 0.3) is 22.4 Å². The van der Waals surface area contributed by atoms with Gasteiger partial charge < -0.3 is 10.7 Å². The maximum atomic E-state index is 5.93. The van der Waals surface area contributed by atoms with Crippen molar-refractivity contribution in [1.82, 2.24) is 19.7 Å². The van der Waals surface area contributed by atoms with Crippen molar-refractivity contribution in [3.05, 3.63) is 30.0 Å². The Morgan fingerprint density at radius 3 is 2.88 bits per heavy atom. The van der Waals surface area contributed by atoms with Crippen LogP contribution in [0.4, 0.5) is 5.82 Å². The Kier molecular flexibility index (Phi) is 1.95. The van der Waals surface area contributed by atoms with Gasteiger partial charge in [0.25, 0.3) is 0 Å². The number of fused-ring (bicyclic) bond motifs is 1. The normalized spacial score (nSPS) is 11.2. The second-order valence-electron chi connectivity index (χ2n) is 4.17. The first-order valence-corrected chi connectivity index (χ1v) is 5.39. The van der Waals surface area contributed by atoms with E-state index < -0.39 is 0 Å². The lowest BCUT2D eigenvalue weighted by Crippen LogP contribution is -1.98. The molecule has 3 aromatic rings. The Balaban J connectivity index is 2.21. The molecule has 5 nitrogen and oxygen atoms in total. The first kappa shape index (κ1) is 9.89. The zero-order chi connectivity index (χ0) is 12.0. The number of H-pyrrole nitrogens is 1. The van der Waals surface area contributed by atoms with Crippen LogP contribution in [-0.2, 0) is 7.05 Å². The summed E-state index contributed by atoms with van der Waals surface area (Å²) < 4.78 is 1.63. The third kappa shape index (κ3) is 1.47.